The second-order valence-corrected chi connectivity index (χ2v) is 6.42. The van der Waals surface area contributed by atoms with Gasteiger partial charge in [0, 0.05) is 20.1 Å². The number of rotatable bonds is 5. The number of benzene rings is 1. The summed E-state index contributed by atoms with van der Waals surface area (Å²) in [5.74, 6) is -1.10. The van der Waals surface area contributed by atoms with Crippen LogP contribution < -0.4 is 0 Å². The van der Waals surface area contributed by atoms with Crippen molar-refractivity contribution in [3.05, 3.63) is 35.9 Å². The number of carbonyl (C=O) groups is 3. The van der Waals surface area contributed by atoms with Crippen molar-refractivity contribution in [1.82, 2.24) is 14.7 Å². The summed E-state index contributed by atoms with van der Waals surface area (Å²) >= 11 is 0. The van der Waals surface area contributed by atoms with Crippen LogP contribution in [0.3, 0.4) is 0 Å². The molecular weight excluding hydrogens is 322 g/mol. The number of hydrogen-bond acceptors (Lipinski definition) is 3. The molecule has 1 N–H and O–H groups in total. The lowest BCUT2D eigenvalue weighted by molar-refractivity contribution is -0.153. The van der Waals surface area contributed by atoms with Crippen LogP contribution in [0.15, 0.2) is 30.3 Å². The molecule has 1 aliphatic heterocycles. The van der Waals surface area contributed by atoms with Crippen LogP contribution >= 0.6 is 0 Å². The summed E-state index contributed by atoms with van der Waals surface area (Å²) in [4.78, 5) is 40.4. The Kier molecular flexibility index (Phi) is 6.01. The lowest BCUT2D eigenvalue weighted by Gasteiger charge is -2.48. The first-order chi connectivity index (χ1) is 11.9. The number of carbonyl (C=O) groups excluding carboxylic acids is 2. The van der Waals surface area contributed by atoms with Crippen LogP contribution in [0.25, 0.3) is 0 Å². The number of carboxylic acid groups (broad SMARTS) is 1. The summed E-state index contributed by atoms with van der Waals surface area (Å²) in [5, 5.41) is 9.49. The predicted octanol–water partition coefficient (Wildman–Crippen LogP) is 1.63. The van der Waals surface area contributed by atoms with E-state index in [1.807, 2.05) is 37.3 Å². The third-order valence-corrected chi connectivity index (χ3v) is 4.74. The SMILES string of the molecule is CCC1CN(C=O)[C@H](C(=O)O)C(C)N1C(=O)N(C)Cc1ccccc1. The first kappa shape index (κ1) is 18.8. The van der Waals surface area contributed by atoms with E-state index in [0.29, 0.717) is 19.4 Å². The van der Waals surface area contributed by atoms with Crippen molar-refractivity contribution in [1.29, 1.82) is 0 Å². The normalized spacial score (nSPS) is 23.2. The summed E-state index contributed by atoms with van der Waals surface area (Å²) < 4.78 is 0. The second kappa shape index (κ2) is 8.00. The number of urea groups is 1. The highest BCUT2D eigenvalue weighted by atomic mass is 16.4. The van der Waals surface area contributed by atoms with Gasteiger partial charge in [0.1, 0.15) is 6.04 Å². The molecule has 1 fully saturated rings. The summed E-state index contributed by atoms with van der Waals surface area (Å²) in [6, 6.07) is 7.55. The van der Waals surface area contributed by atoms with Crippen LogP contribution in [-0.2, 0) is 16.1 Å². The number of aliphatic carboxylic acids is 1. The van der Waals surface area contributed by atoms with Crippen LogP contribution in [-0.4, -0.2) is 69.9 Å². The fourth-order valence-electron chi connectivity index (χ4n) is 3.44. The molecule has 1 saturated heterocycles. The van der Waals surface area contributed by atoms with E-state index in [2.05, 4.69) is 0 Å². The molecule has 3 amide bonds. The molecule has 3 atom stereocenters. The number of piperazine rings is 1. The fourth-order valence-corrected chi connectivity index (χ4v) is 3.44. The highest BCUT2D eigenvalue weighted by Crippen LogP contribution is 2.24. The van der Waals surface area contributed by atoms with Crippen LogP contribution in [0.5, 0.6) is 0 Å². The van der Waals surface area contributed by atoms with Crippen LogP contribution in [0, 0.1) is 0 Å². The molecule has 0 aliphatic carbocycles. The summed E-state index contributed by atoms with van der Waals surface area (Å²) in [6.07, 6.45) is 1.21. The Balaban J connectivity index is 2.22. The van der Waals surface area contributed by atoms with E-state index in [9.17, 15) is 19.5 Å². The fraction of sp³-hybridized carbons (Fsp3) is 0.500. The third-order valence-electron chi connectivity index (χ3n) is 4.74. The lowest BCUT2D eigenvalue weighted by atomic mass is 9.98. The van der Waals surface area contributed by atoms with Crippen molar-refractivity contribution in [3.8, 4) is 0 Å². The molecule has 7 heteroatoms. The Morgan fingerprint density at radius 3 is 2.48 bits per heavy atom. The van der Waals surface area contributed by atoms with Gasteiger partial charge in [-0.3, -0.25) is 4.79 Å². The second-order valence-electron chi connectivity index (χ2n) is 6.42. The van der Waals surface area contributed by atoms with Crippen LogP contribution in [0.1, 0.15) is 25.8 Å². The van der Waals surface area contributed by atoms with Crippen molar-refractivity contribution in [2.45, 2.75) is 44.9 Å². The van der Waals surface area contributed by atoms with Gasteiger partial charge in [0.25, 0.3) is 0 Å². The van der Waals surface area contributed by atoms with E-state index in [4.69, 9.17) is 0 Å². The minimum absolute atomic E-state index is 0.207. The molecule has 2 unspecified atom stereocenters. The standard InChI is InChI=1S/C18H25N3O4/c1-4-15-11-20(12-22)16(17(23)24)13(2)21(15)18(25)19(3)10-14-8-6-5-7-9-14/h5-9,12-13,15-16H,4,10-11H2,1-3H3,(H,23,24)/t13?,15?,16-/m0/s1. The van der Waals surface area contributed by atoms with Crippen molar-refractivity contribution >= 4 is 18.4 Å². The molecule has 1 aromatic carbocycles. The molecule has 0 spiro atoms. The molecule has 0 saturated carbocycles. The van der Waals surface area contributed by atoms with Gasteiger partial charge in [0.05, 0.1) is 12.1 Å². The molecule has 0 radical (unpaired) electrons. The Morgan fingerprint density at radius 2 is 1.96 bits per heavy atom. The maximum absolute atomic E-state index is 13.0. The van der Waals surface area contributed by atoms with Gasteiger partial charge in [-0.05, 0) is 18.9 Å². The number of hydrogen-bond donors (Lipinski definition) is 1. The molecule has 0 bridgehead atoms. The molecule has 7 nitrogen and oxygen atoms in total. The Hall–Kier alpha value is -2.57. The van der Waals surface area contributed by atoms with E-state index in [-0.39, 0.29) is 18.6 Å². The Morgan fingerprint density at radius 1 is 1.32 bits per heavy atom. The van der Waals surface area contributed by atoms with Crippen molar-refractivity contribution in [2.75, 3.05) is 13.6 Å². The van der Waals surface area contributed by atoms with Gasteiger partial charge in [-0.2, -0.15) is 0 Å². The predicted molar refractivity (Wildman–Crippen MR) is 92.9 cm³/mol. The zero-order valence-corrected chi connectivity index (χ0v) is 14.8. The zero-order chi connectivity index (χ0) is 18.6. The van der Waals surface area contributed by atoms with Crippen LogP contribution in [0.2, 0.25) is 0 Å². The molecule has 136 valence electrons. The minimum atomic E-state index is -1.10. The highest BCUT2D eigenvalue weighted by molar-refractivity contribution is 5.81. The van der Waals surface area contributed by atoms with Gasteiger partial charge in [-0.1, -0.05) is 37.3 Å². The van der Waals surface area contributed by atoms with Crippen molar-refractivity contribution in [2.24, 2.45) is 0 Å². The summed E-state index contributed by atoms with van der Waals surface area (Å²) in [6.45, 7) is 4.28. The topological polar surface area (TPSA) is 81.2 Å². The van der Waals surface area contributed by atoms with Crippen LogP contribution in [0.4, 0.5) is 4.79 Å². The molecule has 2 rings (SSSR count). The van der Waals surface area contributed by atoms with Gasteiger partial charge >= 0.3 is 12.0 Å². The smallest absolute Gasteiger partial charge is 0.328 e. The molecule has 1 heterocycles. The summed E-state index contributed by atoms with van der Waals surface area (Å²) in [7, 11) is 1.71. The van der Waals surface area contributed by atoms with Crippen molar-refractivity contribution in [3.63, 3.8) is 0 Å². The van der Waals surface area contributed by atoms with Gasteiger partial charge in [0.15, 0.2) is 0 Å². The monoisotopic (exact) mass is 347 g/mol. The molecule has 25 heavy (non-hydrogen) atoms. The molecule has 0 aromatic heterocycles. The molecule has 1 aliphatic rings. The van der Waals surface area contributed by atoms with Crippen molar-refractivity contribution < 1.29 is 19.5 Å². The highest BCUT2D eigenvalue weighted by Gasteiger charge is 2.45. The average Bonchev–Trinajstić information content (AvgIpc) is 2.60. The minimum Gasteiger partial charge on any atom is -0.480 e. The number of amides is 3. The maximum Gasteiger partial charge on any atom is 0.328 e. The van der Waals surface area contributed by atoms with E-state index < -0.39 is 18.1 Å². The molecular formula is C18H25N3O4. The quantitative estimate of drug-likeness (QED) is 0.821. The Bertz CT molecular complexity index is 622. The lowest BCUT2D eigenvalue weighted by Crippen LogP contribution is -2.67. The number of nitrogens with zero attached hydrogens (tertiary/aromatic N) is 3. The number of carboxylic acids is 1. The molecule has 1 aromatic rings. The van der Waals surface area contributed by atoms with Gasteiger partial charge < -0.3 is 19.8 Å². The van der Waals surface area contributed by atoms with Gasteiger partial charge in [-0.25, -0.2) is 9.59 Å². The van der Waals surface area contributed by atoms with E-state index >= 15 is 0 Å². The third kappa shape index (κ3) is 3.92. The summed E-state index contributed by atoms with van der Waals surface area (Å²) in [5.41, 5.74) is 1.00. The van der Waals surface area contributed by atoms with Gasteiger partial charge in [0.2, 0.25) is 6.41 Å². The zero-order valence-electron chi connectivity index (χ0n) is 14.8. The average molecular weight is 347 g/mol. The van der Waals surface area contributed by atoms with E-state index in [0.717, 1.165) is 5.56 Å². The maximum atomic E-state index is 13.0. The Labute approximate surface area is 147 Å². The first-order valence-corrected chi connectivity index (χ1v) is 8.41. The van der Waals surface area contributed by atoms with Gasteiger partial charge in [-0.15, -0.1) is 0 Å². The van der Waals surface area contributed by atoms with E-state index in [1.165, 1.54) is 4.90 Å². The largest absolute Gasteiger partial charge is 0.480 e. The first-order valence-electron chi connectivity index (χ1n) is 8.41. The van der Waals surface area contributed by atoms with E-state index in [1.54, 1.807) is 23.8 Å².